The van der Waals surface area contributed by atoms with Crippen molar-refractivity contribution in [1.29, 1.82) is 0 Å². The second-order valence-corrected chi connectivity index (χ2v) is 3.80. The van der Waals surface area contributed by atoms with Crippen LogP contribution >= 0.6 is 0 Å². The zero-order valence-corrected chi connectivity index (χ0v) is 8.71. The Kier molecular flexibility index (Phi) is 3.55. The molecule has 0 saturated carbocycles. The van der Waals surface area contributed by atoms with E-state index in [4.69, 9.17) is 10.2 Å². The van der Waals surface area contributed by atoms with Gasteiger partial charge in [-0.25, -0.2) is 0 Å². The first-order chi connectivity index (χ1) is 6.13. The molecule has 2 N–H and O–H groups in total. The summed E-state index contributed by atoms with van der Waals surface area (Å²) in [6, 6.07) is 4.00. The Hall–Kier alpha value is -0.760. The molecule has 0 aromatic carbocycles. The van der Waals surface area contributed by atoms with E-state index in [0.29, 0.717) is 5.92 Å². The van der Waals surface area contributed by atoms with Gasteiger partial charge in [0.2, 0.25) is 0 Å². The van der Waals surface area contributed by atoms with Gasteiger partial charge in [-0.05, 0) is 31.4 Å². The smallest absolute Gasteiger partial charge is 0.120 e. The molecule has 1 aromatic rings. The SMILES string of the molecule is CCC(C)CC(N)c1ccc(C)o1. The summed E-state index contributed by atoms with van der Waals surface area (Å²) in [5, 5.41) is 0. The Morgan fingerprint density at radius 1 is 1.46 bits per heavy atom. The quantitative estimate of drug-likeness (QED) is 0.775. The lowest BCUT2D eigenvalue weighted by atomic mass is 9.99. The van der Waals surface area contributed by atoms with E-state index in [-0.39, 0.29) is 6.04 Å². The second-order valence-electron chi connectivity index (χ2n) is 3.80. The standard InChI is InChI=1S/C11H19NO/c1-4-8(2)7-10(12)11-6-5-9(3)13-11/h5-6,8,10H,4,7,12H2,1-3H3. The van der Waals surface area contributed by atoms with Gasteiger partial charge in [0.25, 0.3) is 0 Å². The molecule has 0 amide bonds. The molecule has 0 aliphatic heterocycles. The molecule has 0 radical (unpaired) electrons. The predicted octanol–water partition coefficient (Wildman–Crippen LogP) is 3.02. The van der Waals surface area contributed by atoms with Gasteiger partial charge in [-0.1, -0.05) is 20.3 Å². The summed E-state index contributed by atoms with van der Waals surface area (Å²) in [5.41, 5.74) is 5.99. The van der Waals surface area contributed by atoms with Gasteiger partial charge in [0.1, 0.15) is 11.5 Å². The molecule has 1 heterocycles. The van der Waals surface area contributed by atoms with Crippen molar-refractivity contribution < 1.29 is 4.42 Å². The maximum absolute atomic E-state index is 5.99. The van der Waals surface area contributed by atoms with Gasteiger partial charge in [-0.15, -0.1) is 0 Å². The van der Waals surface area contributed by atoms with Crippen molar-refractivity contribution in [2.75, 3.05) is 0 Å². The minimum Gasteiger partial charge on any atom is -0.465 e. The van der Waals surface area contributed by atoms with Crippen molar-refractivity contribution in [2.24, 2.45) is 11.7 Å². The average molecular weight is 181 g/mol. The van der Waals surface area contributed by atoms with E-state index >= 15 is 0 Å². The number of rotatable bonds is 4. The van der Waals surface area contributed by atoms with Crippen LogP contribution < -0.4 is 5.73 Å². The summed E-state index contributed by atoms with van der Waals surface area (Å²) in [7, 11) is 0. The third-order valence-electron chi connectivity index (χ3n) is 2.48. The molecular weight excluding hydrogens is 162 g/mol. The molecule has 13 heavy (non-hydrogen) atoms. The second kappa shape index (κ2) is 4.47. The fraction of sp³-hybridized carbons (Fsp3) is 0.636. The highest BCUT2D eigenvalue weighted by molar-refractivity contribution is 5.09. The Morgan fingerprint density at radius 3 is 2.62 bits per heavy atom. The van der Waals surface area contributed by atoms with E-state index < -0.39 is 0 Å². The van der Waals surface area contributed by atoms with Crippen LogP contribution in [-0.2, 0) is 0 Å². The van der Waals surface area contributed by atoms with E-state index in [1.165, 1.54) is 6.42 Å². The summed E-state index contributed by atoms with van der Waals surface area (Å²) >= 11 is 0. The van der Waals surface area contributed by atoms with Crippen molar-refractivity contribution in [3.05, 3.63) is 23.7 Å². The van der Waals surface area contributed by atoms with Gasteiger partial charge in [-0.2, -0.15) is 0 Å². The van der Waals surface area contributed by atoms with Crippen molar-refractivity contribution in [3.8, 4) is 0 Å². The third-order valence-corrected chi connectivity index (χ3v) is 2.48. The first-order valence-corrected chi connectivity index (χ1v) is 4.95. The number of nitrogens with two attached hydrogens (primary N) is 1. The van der Waals surface area contributed by atoms with Crippen LogP contribution in [0.5, 0.6) is 0 Å². The third kappa shape index (κ3) is 2.88. The molecule has 1 rings (SSSR count). The molecule has 0 aliphatic carbocycles. The Balaban J connectivity index is 2.53. The normalized spacial score (nSPS) is 15.7. The monoisotopic (exact) mass is 181 g/mol. The molecule has 2 heteroatoms. The summed E-state index contributed by atoms with van der Waals surface area (Å²) < 4.78 is 5.47. The van der Waals surface area contributed by atoms with E-state index in [9.17, 15) is 0 Å². The lowest BCUT2D eigenvalue weighted by Gasteiger charge is -2.13. The van der Waals surface area contributed by atoms with Gasteiger partial charge in [0.15, 0.2) is 0 Å². The average Bonchev–Trinajstić information content (AvgIpc) is 2.51. The van der Waals surface area contributed by atoms with Gasteiger partial charge in [0, 0.05) is 0 Å². The van der Waals surface area contributed by atoms with E-state index in [0.717, 1.165) is 17.9 Å². The summed E-state index contributed by atoms with van der Waals surface area (Å²) in [4.78, 5) is 0. The number of hydrogen-bond donors (Lipinski definition) is 1. The molecule has 2 nitrogen and oxygen atoms in total. The molecule has 74 valence electrons. The Morgan fingerprint density at radius 2 is 2.15 bits per heavy atom. The van der Waals surface area contributed by atoms with Crippen molar-refractivity contribution in [1.82, 2.24) is 0 Å². The van der Waals surface area contributed by atoms with Gasteiger partial charge >= 0.3 is 0 Å². The van der Waals surface area contributed by atoms with Crippen LogP contribution in [0.2, 0.25) is 0 Å². The predicted molar refractivity (Wildman–Crippen MR) is 54.4 cm³/mol. The fourth-order valence-electron chi connectivity index (χ4n) is 1.37. The van der Waals surface area contributed by atoms with Gasteiger partial charge < -0.3 is 10.2 Å². The van der Waals surface area contributed by atoms with Crippen molar-refractivity contribution >= 4 is 0 Å². The van der Waals surface area contributed by atoms with Crippen LogP contribution in [0.3, 0.4) is 0 Å². The topological polar surface area (TPSA) is 39.2 Å². The molecule has 0 fully saturated rings. The van der Waals surface area contributed by atoms with Gasteiger partial charge in [0.05, 0.1) is 6.04 Å². The minimum atomic E-state index is 0.0589. The Labute approximate surface area is 80.1 Å². The van der Waals surface area contributed by atoms with Crippen LogP contribution in [0.25, 0.3) is 0 Å². The van der Waals surface area contributed by atoms with E-state index in [1.807, 2.05) is 19.1 Å². The maximum atomic E-state index is 5.99. The lowest BCUT2D eigenvalue weighted by Crippen LogP contribution is -2.12. The molecule has 0 aliphatic rings. The molecule has 2 atom stereocenters. The number of aryl methyl sites for hydroxylation is 1. The first-order valence-electron chi connectivity index (χ1n) is 4.95. The largest absolute Gasteiger partial charge is 0.465 e. The summed E-state index contributed by atoms with van der Waals surface area (Å²) in [6.45, 7) is 6.35. The van der Waals surface area contributed by atoms with Crippen LogP contribution in [0.1, 0.15) is 44.3 Å². The molecule has 0 spiro atoms. The van der Waals surface area contributed by atoms with Crippen LogP contribution in [0.4, 0.5) is 0 Å². The molecule has 2 unspecified atom stereocenters. The minimum absolute atomic E-state index is 0.0589. The van der Waals surface area contributed by atoms with Crippen molar-refractivity contribution in [2.45, 2.75) is 39.7 Å². The highest BCUT2D eigenvalue weighted by atomic mass is 16.3. The highest BCUT2D eigenvalue weighted by Crippen LogP contribution is 2.22. The molecular formula is C11H19NO. The zero-order valence-electron chi connectivity index (χ0n) is 8.71. The molecule has 0 saturated heterocycles. The molecule has 0 bridgehead atoms. The first kappa shape index (κ1) is 10.3. The van der Waals surface area contributed by atoms with E-state index in [1.54, 1.807) is 0 Å². The Bertz CT molecular complexity index is 254. The summed E-state index contributed by atoms with van der Waals surface area (Å²) in [5.74, 6) is 2.52. The molecule has 1 aromatic heterocycles. The maximum Gasteiger partial charge on any atom is 0.120 e. The number of hydrogen-bond acceptors (Lipinski definition) is 2. The van der Waals surface area contributed by atoms with Crippen LogP contribution in [-0.4, -0.2) is 0 Å². The zero-order chi connectivity index (χ0) is 9.84. The van der Waals surface area contributed by atoms with Crippen LogP contribution in [0.15, 0.2) is 16.5 Å². The van der Waals surface area contributed by atoms with Crippen LogP contribution in [0, 0.1) is 12.8 Å². The van der Waals surface area contributed by atoms with E-state index in [2.05, 4.69) is 13.8 Å². The van der Waals surface area contributed by atoms with Gasteiger partial charge in [-0.3, -0.25) is 0 Å². The fourth-order valence-corrected chi connectivity index (χ4v) is 1.37. The lowest BCUT2D eigenvalue weighted by molar-refractivity contribution is 0.388. The van der Waals surface area contributed by atoms with Crippen molar-refractivity contribution in [3.63, 3.8) is 0 Å². The number of furan rings is 1. The summed E-state index contributed by atoms with van der Waals surface area (Å²) in [6.07, 6.45) is 2.18. The highest BCUT2D eigenvalue weighted by Gasteiger charge is 2.12.